The Balaban J connectivity index is 1.81. The quantitative estimate of drug-likeness (QED) is 0.777. The lowest BCUT2D eigenvalue weighted by Crippen LogP contribution is -2.28. The lowest BCUT2D eigenvalue weighted by atomic mass is 9.89. The summed E-state index contributed by atoms with van der Waals surface area (Å²) in [6.07, 6.45) is 12.0. The third-order valence-corrected chi connectivity index (χ3v) is 4.05. The van der Waals surface area contributed by atoms with Gasteiger partial charge in [-0.15, -0.1) is 0 Å². The van der Waals surface area contributed by atoms with E-state index >= 15 is 0 Å². The zero-order valence-corrected chi connectivity index (χ0v) is 12.9. The van der Waals surface area contributed by atoms with Gasteiger partial charge in [0.2, 0.25) is 5.95 Å². The molecular weight excluding hydrogens is 248 g/mol. The van der Waals surface area contributed by atoms with Crippen molar-refractivity contribution in [1.82, 2.24) is 15.3 Å². The lowest BCUT2D eigenvalue weighted by molar-refractivity contribution is 0.361. The highest BCUT2D eigenvalue weighted by Crippen LogP contribution is 2.24. The number of aromatic nitrogens is 2. The summed E-state index contributed by atoms with van der Waals surface area (Å²) in [6.45, 7) is 5.17. The highest BCUT2D eigenvalue weighted by atomic mass is 15.2. The molecule has 0 saturated heterocycles. The first-order valence-electron chi connectivity index (χ1n) is 8.02. The van der Waals surface area contributed by atoms with Crippen molar-refractivity contribution in [3.05, 3.63) is 18.0 Å². The van der Waals surface area contributed by atoms with E-state index in [4.69, 9.17) is 0 Å². The molecule has 1 heterocycles. The Kier molecular flexibility index (Phi) is 6.25. The molecule has 0 aliphatic heterocycles. The van der Waals surface area contributed by atoms with Gasteiger partial charge in [-0.1, -0.05) is 26.2 Å². The minimum atomic E-state index is 0.822. The van der Waals surface area contributed by atoms with Crippen molar-refractivity contribution >= 4 is 5.95 Å². The Morgan fingerprint density at radius 3 is 2.55 bits per heavy atom. The molecule has 0 radical (unpaired) electrons. The van der Waals surface area contributed by atoms with Gasteiger partial charge < -0.3 is 10.2 Å². The van der Waals surface area contributed by atoms with Crippen molar-refractivity contribution in [2.75, 3.05) is 25.0 Å². The normalized spacial score (nSPS) is 16.3. The van der Waals surface area contributed by atoms with E-state index in [-0.39, 0.29) is 0 Å². The molecule has 1 aliphatic rings. The fraction of sp³-hybridized carbons (Fsp3) is 0.750. The zero-order chi connectivity index (χ0) is 14.2. The molecule has 0 aromatic carbocycles. The predicted molar refractivity (Wildman–Crippen MR) is 83.9 cm³/mol. The molecule has 0 unspecified atom stereocenters. The minimum Gasteiger partial charge on any atom is -0.344 e. The maximum absolute atomic E-state index is 4.50. The van der Waals surface area contributed by atoms with Gasteiger partial charge in [0.25, 0.3) is 0 Å². The van der Waals surface area contributed by atoms with E-state index in [2.05, 4.69) is 34.2 Å². The zero-order valence-electron chi connectivity index (χ0n) is 12.9. The number of nitrogens with one attached hydrogen (secondary N) is 1. The molecule has 0 atom stereocenters. The van der Waals surface area contributed by atoms with Crippen LogP contribution in [0.3, 0.4) is 0 Å². The van der Waals surface area contributed by atoms with E-state index in [1.807, 2.05) is 12.4 Å². The second kappa shape index (κ2) is 8.20. The van der Waals surface area contributed by atoms with Crippen LogP contribution in [0.1, 0.15) is 51.0 Å². The highest BCUT2D eigenvalue weighted by molar-refractivity contribution is 5.28. The fourth-order valence-electron chi connectivity index (χ4n) is 2.88. The molecule has 0 amide bonds. The summed E-state index contributed by atoms with van der Waals surface area (Å²) in [5, 5.41) is 3.37. The third-order valence-electron chi connectivity index (χ3n) is 4.05. The van der Waals surface area contributed by atoms with Crippen LogP contribution in [-0.4, -0.2) is 30.1 Å². The van der Waals surface area contributed by atoms with Gasteiger partial charge in [0.05, 0.1) is 0 Å². The van der Waals surface area contributed by atoms with Crippen LogP contribution >= 0.6 is 0 Å². The standard InChI is InChI=1S/C16H28N4/c1-3-9-17-10-15-11-18-16(19-12-15)20(2)13-14-7-5-4-6-8-14/h11-12,14,17H,3-10,13H2,1-2H3. The van der Waals surface area contributed by atoms with Gasteiger partial charge in [-0.05, 0) is 31.7 Å². The third kappa shape index (κ3) is 4.75. The van der Waals surface area contributed by atoms with Crippen LogP contribution in [0.25, 0.3) is 0 Å². The summed E-state index contributed by atoms with van der Waals surface area (Å²) in [4.78, 5) is 11.2. The van der Waals surface area contributed by atoms with Gasteiger partial charge >= 0.3 is 0 Å². The average molecular weight is 276 g/mol. The van der Waals surface area contributed by atoms with Crippen molar-refractivity contribution < 1.29 is 0 Å². The van der Waals surface area contributed by atoms with E-state index in [1.54, 1.807) is 0 Å². The van der Waals surface area contributed by atoms with Crippen LogP contribution in [0.15, 0.2) is 12.4 Å². The van der Waals surface area contributed by atoms with Crippen LogP contribution in [0, 0.1) is 5.92 Å². The first kappa shape index (κ1) is 15.2. The molecule has 1 saturated carbocycles. The Morgan fingerprint density at radius 1 is 1.20 bits per heavy atom. The van der Waals surface area contributed by atoms with Crippen molar-refractivity contribution in [3.63, 3.8) is 0 Å². The largest absolute Gasteiger partial charge is 0.344 e. The van der Waals surface area contributed by atoms with Gasteiger partial charge in [-0.3, -0.25) is 0 Å². The molecule has 20 heavy (non-hydrogen) atoms. The van der Waals surface area contributed by atoms with Crippen LogP contribution < -0.4 is 10.2 Å². The van der Waals surface area contributed by atoms with Gasteiger partial charge in [-0.25, -0.2) is 9.97 Å². The first-order chi connectivity index (χ1) is 9.79. The van der Waals surface area contributed by atoms with Gasteiger partial charge in [0.1, 0.15) is 0 Å². The van der Waals surface area contributed by atoms with Crippen LogP contribution in [0.4, 0.5) is 5.95 Å². The Bertz CT molecular complexity index is 371. The SMILES string of the molecule is CCCNCc1cnc(N(C)CC2CCCCC2)nc1. The topological polar surface area (TPSA) is 41.1 Å². The van der Waals surface area contributed by atoms with E-state index in [1.165, 1.54) is 32.1 Å². The maximum Gasteiger partial charge on any atom is 0.225 e. The monoisotopic (exact) mass is 276 g/mol. The molecule has 0 bridgehead atoms. The number of nitrogens with zero attached hydrogens (tertiary/aromatic N) is 3. The van der Waals surface area contributed by atoms with Gasteiger partial charge in [0, 0.05) is 38.1 Å². The molecule has 2 rings (SSSR count). The molecule has 4 nitrogen and oxygen atoms in total. The second-order valence-corrected chi connectivity index (χ2v) is 5.95. The fourth-order valence-corrected chi connectivity index (χ4v) is 2.88. The Labute approximate surface area is 123 Å². The van der Waals surface area contributed by atoms with Gasteiger partial charge in [0.15, 0.2) is 0 Å². The minimum absolute atomic E-state index is 0.822. The number of anilines is 1. The van der Waals surface area contributed by atoms with E-state index < -0.39 is 0 Å². The van der Waals surface area contributed by atoms with Crippen LogP contribution in [0.2, 0.25) is 0 Å². The van der Waals surface area contributed by atoms with E-state index in [9.17, 15) is 0 Å². The number of hydrogen-bond donors (Lipinski definition) is 1. The average Bonchev–Trinajstić information content (AvgIpc) is 2.49. The summed E-state index contributed by atoms with van der Waals surface area (Å²) < 4.78 is 0. The van der Waals surface area contributed by atoms with E-state index in [0.717, 1.165) is 43.5 Å². The highest BCUT2D eigenvalue weighted by Gasteiger charge is 2.16. The lowest BCUT2D eigenvalue weighted by Gasteiger charge is -2.27. The summed E-state index contributed by atoms with van der Waals surface area (Å²) in [6, 6.07) is 0. The molecular formula is C16H28N4. The predicted octanol–water partition coefficient (Wildman–Crippen LogP) is 2.99. The summed E-state index contributed by atoms with van der Waals surface area (Å²) in [5.41, 5.74) is 1.16. The summed E-state index contributed by atoms with van der Waals surface area (Å²) in [7, 11) is 2.11. The van der Waals surface area contributed by atoms with Crippen molar-refractivity contribution in [2.45, 2.75) is 52.0 Å². The first-order valence-corrected chi connectivity index (χ1v) is 8.02. The molecule has 1 aliphatic carbocycles. The molecule has 4 heteroatoms. The smallest absolute Gasteiger partial charge is 0.225 e. The maximum atomic E-state index is 4.50. The van der Waals surface area contributed by atoms with Crippen molar-refractivity contribution in [2.24, 2.45) is 5.92 Å². The van der Waals surface area contributed by atoms with Crippen molar-refractivity contribution in [1.29, 1.82) is 0 Å². The molecule has 1 aromatic heterocycles. The number of rotatable bonds is 7. The van der Waals surface area contributed by atoms with E-state index in [0.29, 0.717) is 0 Å². The molecule has 1 fully saturated rings. The van der Waals surface area contributed by atoms with Crippen LogP contribution in [0.5, 0.6) is 0 Å². The van der Waals surface area contributed by atoms with Gasteiger partial charge in [-0.2, -0.15) is 0 Å². The summed E-state index contributed by atoms with van der Waals surface area (Å²) in [5.74, 6) is 1.68. The molecule has 112 valence electrons. The molecule has 0 spiro atoms. The Morgan fingerprint density at radius 2 is 1.90 bits per heavy atom. The number of hydrogen-bond acceptors (Lipinski definition) is 4. The van der Waals surface area contributed by atoms with Crippen LogP contribution in [-0.2, 0) is 6.54 Å². The Hall–Kier alpha value is -1.16. The summed E-state index contributed by atoms with van der Waals surface area (Å²) >= 11 is 0. The molecule has 1 aromatic rings. The van der Waals surface area contributed by atoms with Crippen molar-refractivity contribution in [3.8, 4) is 0 Å². The second-order valence-electron chi connectivity index (χ2n) is 5.95. The molecule has 1 N–H and O–H groups in total.